The smallest absolute Gasteiger partial charge is 0.228 e. The van der Waals surface area contributed by atoms with Gasteiger partial charge in [-0.15, -0.1) is 0 Å². The predicted octanol–water partition coefficient (Wildman–Crippen LogP) is 0.879. The van der Waals surface area contributed by atoms with Gasteiger partial charge in [0.15, 0.2) is 0 Å². The van der Waals surface area contributed by atoms with Gasteiger partial charge >= 0.3 is 0 Å². The molecule has 7 nitrogen and oxygen atoms in total. The number of carbonyl (C=O) groups is 2. The Balaban J connectivity index is 1.75. The Morgan fingerprint density at radius 1 is 1.20 bits per heavy atom. The first-order chi connectivity index (χ1) is 12.1. The molecular weight excluding hydrogens is 322 g/mol. The molecule has 0 aromatic heterocycles. The lowest BCUT2D eigenvalue weighted by Crippen LogP contribution is -2.39. The Kier molecular flexibility index (Phi) is 5.43. The van der Waals surface area contributed by atoms with E-state index >= 15 is 0 Å². The zero-order valence-corrected chi connectivity index (χ0v) is 14.8. The minimum atomic E-state index is -0.294. The van der Waals surface area contributed by atoms with E-state index in [1.54, 1.807) is 37.3 Å². The molecule has 0 saturated carbocycles. The molecule has 2 fully saturated rings. The molecule has 3 rings (SSSR count). The van der Waals surface area contributed by atoms with Crippen molar-refractivity contribution in [2.45, 2.75) is 12.8 Å². The van der Waals surface area contributed by atoms with Crippen LogP contribution in [0.25, 0.3) is 0 Å². The number of anilines is 1. The molecule has 0 radical (unpaired) electrons. The lowest BCUT2D eigenvalue weighted by molar-refractivity contribution is -0.135. The molecule has 0 spiro atoms. The maximum absolute atomic E-state index is 12.8. The molecule has 2 heterocycles. The number of nitrogens with zero attached hydrogens (tertiary/aromatic N) is 2. The van der Waals surface area contributed by atoms with Gasteiger partial charge in [0, 0.05) is 38.7 Å². The van der Waals surface area contributed by atoms with Crippen LogP contribution < -0.4 is 19.7 Å². The van der Waals surface area contributed by atoms with E-state index in [1.165, 1.54) is 0 Å². The first-order valence-electron chi connectivity index (χ1n) is 8.66. The number of rotatable bonds is 4. The van der Waals surface area contributed by atoms with Gasteiger partial charge in [-0.3, -0.25) is 9.59 Å². The lowest BCUT2D eigenvalue weighted by atomic mass is 10.1. The Morgan fingerprint density at radius 2 is 2.04 bits per heavy atom. The van der Waals surface area contributed by atoms with E-state index in [1.807, 2.05) is 4.90 Å². The molecule has 2 amide bonds. The summed E-state index contributed by atoms with van der Waals surface area (Å²) >= 11 is 0. The maximum atomic E-state index is 12.8. The standard InChI is InChI=1S/C18H25N3O4/c1-24-14-4-5-15(16(11-14)25-2)21-12-13(10-17(21)22)18(23)20-8-3-6-19-7-9-20/h4-5,11,13,19H,3,6-10,12H2,1-2H3/t13-/m0/s1. The molecule has 2 saturated heterocycles. The van der Waals surface area contributed by atoms with Crippen LogP contribution in [-0.2, 0) is 9.59 Å². The number of hydrogen-bond donors (Lipinski definition) is 1. The summed E-state index contributed by atoms with van der Waals surface area (Å²) in [6.07, 6.45) is 1.19. The molecule has 7 heteroatoms. The summed E-state index contributed by atoms with van der Waals surface area (Å²) in [5.41, 5.74) is 0.682. The Morgan fingerprint density at radius 3 is 2.80 bits per heavy atom. The van der Waals surface area contributed by atoms with Crippen LogP contribution in [-0.4, -0.2) is 63.7 Å². The molecule has 2 aliphatic heterocycles. The van der Waals surface area contributed by atoms with Crippen molar-refractivity contribution in [3.63, 3.8) is 0 Å². The van der Waals surface area contributed by atoms with E-state index in [0.29, 0.717) is 30.3 Å². The largest absolute Gasteiger partial charge is 0.497 e. The van der Waals surface area contributed by atoms with Crippen LogP contribution in [0.4, 0.5) is 5.69 Å². The monoisotopic (exact) mass is 347 g/mol. The van der Waals surface area contributed by atoms with Crippen molar-refractivity contribution in [1.82, 2.24) is 10.2 Å². The molecule has 136 valence electrons. The summed E-state index contributed by atoms with van der Waals surface area (Å²) in [5, 5.41) is 3.29. The van der Waals surface area contributed by atoms with Crippen molar-refractivity contribution in [2.24, 2.45) is 5.92 Å². The molecule has 0 aliphatic carbocycles. The van der Waals surface area contributed by atoms with Crippen LogP contribution in [0.1, 0.15) is 12.8 Å². The van der Waals surface area contributed by atoms with E-state index in [-0.39, 0.29) is 24.2 Å². The fourth-order valence-corrected chi connectivity index (χ4v) is 3.44. The summed E-state index contributed by atoms with van der Waals surface area (Å²) in [6, 6.07) is 5.34. The highest BCUT2D eigenvalue weighted by molar-refractivity contribution is 6.01. The van der Waals surface area contributed by atoms with Crippen molar-refractivity contribution in [3.05, 3.63) is 18.2 Å². The highest BCUT2D eigenvalue weighted by Crippen LogP contribution is 2.36. The molecule has 2 aliphatic rings. The van der Waals surface area contributed by atoms with E-state index in [9.17, 15) is 9.59 Å². The summed E-state index contributed by atoms with van der Waals surface area (Å²) in [6.45, 7) is 3.59. The third kappa shape index (κ3) is 3.71. The van der Waals surface area contributed by atoms with E-state index in [4.69, 9.17) is 9.47 Å². The Hall–Kier alpha value is -2.28. The zero-order valence-electron chi connectivity index (χ0n) is 14.8. The molecule has 0 bridgehead atoms. The van der Waals surface area contributed by atoms with Crippen LogP contribution in [0, 0.1) is 5.92 Å². The molecule has 1 N–H and O–H groups in total. The molecule has 1 aromatic carbocycles. The number of carbonyl (C=O) groups excluding carboxylic acids is 2. The summed E-state index contributed by atoms with van der Waals surface area (Å²) in [4.78, 5) is 28.8. The lowest BCUT2D eigenvalue weighted by Gasteiger charge is -2.24. The van der Waals surface area contributed by atoms with Gasteiger partial charge in [-0.05, 0) is 25.1 Å². The summed E-state index contributed by atoms with van der Waals surface area (Å²) < 4.78 is 10.6. The highest BCUT2D eigenvalue weighted by Gasteiger charge is 2.38. The van der Waals surface area contributed by atoms with Crippen LogP contribution in [0.15, 0.2) is 18.2 Å². The van der Waals surface area contributed by atoms with Crippen LogP contribution >= 0.6 is 0 Å². The van der Waals surface area contributed by atoms with Gasteiger partial charge in [0.1, 0.15) is 11.5 Å². The number of methoxy groups -OCH3 is 2. The van der Waals surface area contributed by atoms with Crippen molar-refractivity contribution in [1.29, 1.82) is 0 Å². The molecule has 1 atom stereocenters. The highest BCUT2D eigenvalue weighted by atomic mass is 16.5. The van der Waals surface area contributed by atoms with Gasteiger partial charge in [-0.2, -0.15) is 0 Å². The second-order valence-corrected chi connectivity index (χ2v) is 6.37. The Labute approximate surface area is 147 Å². The van der Waals surface area contributed by atoms with E-state index in [2.05, 4.69) is 5.32 Å². The van der Waals surface area contributed by atoms with Gasteiger partial charge in [-0.1, -0.05) is 0 Å². The number of nitrogens with one attached hydrogen (secondary N) is 1. The van der Waals surface area contributed by atoms with Gasteiger partial charge in [0.25, 0.3) is 0 Å². The molecular formula is C18H25N3O4. The van der Waals surface area contributed by atoms with Crippen molar-refractivity contribution in [3.8, 4) is 11.5 Å². The fourth-order valence-electron chi connectivity index (χ4n) is 3.44. The van der Waals surface area contributed by atoms with Crippen LogP contribution in [0.3, 0.4) is 0 Å². The van der Waals surface area contributed by atoms with Crippen molar-refractivity contribution in [2.75, 3.05) is 51.8 Å². The van der Waals surface area contributed by atoms with Gasteiger partial charge in [-0.25, -0.2) is 0 Å². The van der Waals surface area contributed by atoms with Crippen molar-refractivity contribution >= 4 is 17.5 Å². The van der Waals surface area contributed by atoms with Gasteiger partial charge in [0.2, 0.25) is 11.8 Å². The summed E-state index contributed by atoms with van der Waals surface area (Å²) in [7, 11) is 3.14. The average Bonchev–Trinajstić information content (AvgIpc) is 2.85. The number of ether oxygens (including phenoxy) is 2. The Bertz CT molecular complexity index is 641. The average molecular weight is 347 g/mol. The SMILES string of the molecule is COc1ccc(N2C[C@@H](C(=O)N3CCCNCC3)CC2=O)c(OC)c1. The second-order valence-electron chi connectivity index (χ2n) is 6.37. The van der Waals surface area contributed by atoms with E-state index in [0.717, 1.165) is 26.1 Å². The predicted molar refractivity (Wildman–Crippen MR) is 94.1 cm³/mol. The number of hydrogen-bond acceptors (Lipinski definition) is 5. The molecule has 0 unspecified atom stereocenters. The molecule has 1 aromatic rings. The summed E-state index contributed by atoms with van der Waals surface area (Å²) in [5.74, 6) is 0.968. The van der Waals surface area contributed by atoms with Crippen LogP contribution in [0.5, 0.6) is 11.5 Å². The van der Waals surface area contributed by atoms with E-state index < -0.39 is 0 Å². The van der Waals surface area contributed by atoms with Gasteiger partial charge < -0.3 is 24.6 Å². The molecule has 25 heavy (non-hydrogen) atoms. The second kappa shape index (κ2) is 7.74. The minimum Gasteiger partial charge on any atom is -0.497 e. The topological polar surface area (TPSA) is 71.1 Å². The number of amides is 2. The quantitative estimate of drug-likeness (QED) is 0.875. The number of benzene rings is 1. The van der Waals surface area contributed by atoms with Crippen LogP contribution in [0.2, 0.25) is 0 Å². The maximum Gasteiger partial charge on any atom is 0.228 e. The fraction of sp³-hybridized carbons (Fsp3) is 0.556. The first kappa shape index (κ1) is 17.5. The third-order valence-corrected chi connectivity index (χ3v) is 4.80. The zero-order chi connectivity index (χ0) is 17.8. The first-order valence-corrected chi connectivity index (χ1v) is 8.66. The third-order valence-electron chi connectivity index (χ3n) is 4.80. The van der Waals surface area contributed by atoms with Gasteiger partial charge in [0.05, 0.1) is 25.8 Å². The van der Waals surface area contributed by atoms with Crippen molar-refractivity contribution < 1.29 is 19.1 Å². The minimum absolute atomic E-state index is 0.0465. The normalized spacial score (nSPS) is 21.2.